The van der Waals surface area contributed by atoms with Crippen LogP contribution in [-0.4, -0.2) is 45.4 Å². The van der Waals surface area contributed by atoms with Crippen molar-refractivity contribution < 1.29 is 24.9 Å². The SMILES string of the molecule is C=CC(=O)NC(C(=O)O)C(C)C1CCC(O)C(O)C1. The van der Waals surface area contributed by atoms with Gasteiger partial charge in [0.2, 0.25) is 5.91 Å². The van der Waals surface area contributed by atoms with E-state index in [0.717, 1.165) is 6.08 Å². The van der Waals surface area contributed by atoms with Gasteiger partial charge in [-0.25, -0.2) is 4.79 Å². The maximum absolute atomic E-state index is 11.2. The Kier molecular flexibility index (Phi) is 5.50. The lowest BCUT2D eigenvalue weighted by atomic mass is 9.75. The summed E-state index contributed by atoms with van der Waals surface area (Å²) in [6, 6.07) is -1.02. The molecule has 0 saturated heterocycles. The molecule has 0 aromatic carbocycles. The number of aliphatic hydroxyl groups excluding tert-OH is 2. The van der Waals surface area contributed by atoms with Crippen molar-refractivity contribution in [3.8, 4) is 0 Å². The molecule has 5 atom stereocenters. The number of amides is 1. The third kappa shape index (κ3) is 4.04. The molecule has 6 heteroatoms. The van der Waals surface area contributed by atoms with Gasteiger partial charge in [0.15, 0.2) is 0 Å². The van der Waals surface area contributed by atoms with Gasteiger partial charge in [0.05, 0.1) is 12.2 Å². The summed E-state index contributed by atoms with van der Waals surface area (Å²) in [5.74, 6) is -2.02. The van der Waals surface area contributed by atoms with Crippen LogP contribution >= 0.6 is 0 Å². The zero-order chi connectivity index (χ0) is 14.6. The molecule has 1 aliphatic rings. The summed E-state index contributed by atoms with van der Waals surface area (Å²) in [6.45, 7) is 5.02. The lowest BCUT2D eigenvalue weighted by Crippen LogP contribution is -2.48. The van der Waals surface area contributed by atoms with Crippen molar-refractivity contribution in [2.24, 2.45) is 11.8 Å². The highest BCUT2D eigenvalue weighted by Gasteiger charge is 2.36. The Morgan fingerprint density at radius 1 is 1.32 bits per heavy atom. The van der Waals surface area contributed by atoms with E-state index >= 15 is 0 Å². The van der Waals surface area contributed by atoms with Gasteiger partial charge in [-0.3, -0.25) is 4.79 Å². The molecule has 1 saturated carbocycles. The Morgan fingerprint density at radius 2 is 1.95 bits per heavy atom. The van der Waals surface area contributed by atoms with Crippen molar-refractivity contribution in [2.75, 3.05) is 0 Å². The summed E-state index contributed by atoms with van der Waals surface area (Å²) in [7, 11) is 0. The number of aliphatic hydroxyl groups is 2. The Bertz CT molecular complexity index is 357. The van der Waals surface area contributed by atoms with E-state index in [0.29, 0.717) is 19.3 Å². The van der Waals surface area contributed by atoms with Crippen LogP contribution in [-0.2, 0) is 9.59 Å². The first-order chi connectivity index (χ1) is 8.86. The molecule has 19 heavy (non-hydrogen) atoms. The molecule has 1 aliphatic carbocycles. The summed E-state index contributed by atoms with van der Waals surface area (Å²) in [5, 5.41) is 30.7. The van der Waals surface area contributed by atoms with Crippen LogP contribution in [0.15, 0.2) is 12.7 Å². The first kappa shape index (κ1) is 15.7. The molecule has 0 heterocycles. The molecule has 4 N–H and O–H groups in total. The zero-order valence-electron chi connectivity index (χ0n) is 11.0. The van der Waals surface area contributed by atoms with Crippen LogP contribution in [0.25, 0.3) is 0 Å². The van der Waals surface area contributed by atoms with Gasteiger partial charge >= 0.3 is 5.97 Å². The zero-order valence-corrected chi connectivity index (χ0v) is 11.0. The number of aliphatic carboxylic acids is 1. The predicted octanol–water partition coefficient (Wildman–Crippen LogP) is -0.100. The molecule has 108 valence electrons. The van der Waals surface area contributed by atoms with Gasteiger partial charge in [0, 0.05) is 0 Å². The second-order valence-corrected chi connectivity index (χ2v) is 5.10. The Hall–Kier alpha value is -1.40. The molecule has 0 bridgehead atoms. The Balaban J connectivity index is 2.71. The van der Waals surface area contributed by atoms with Crippen LogP contribution in [0.2, 0.25) is 0 Å². The van der Waals surface area contributed by atoms with Crippen molar-refractivity contribution in [2.45, 2.75) is 44.4 Å². The molecule has 1 fully saturated rings. The second-order valence-electron chi connectivity index (χ2n) is 5.10. The third-order valence-corrected chi connectivity index (χ3v) is 3.84. The minimum Gasteiger partial charge on any atom is -0.480 e. The fraction of sp³-hybridized carbons (Fsp3) is 0.692. The number of carbonyl (C=O) groups is 2. The van der Waals surface area contributed by atoms with Gasteiger partial charge in [-0.2, -0.15) is 0 Å². The van der Waals surface area contributed by atoms with E-state index in [9.17, 15) is 24.9 Å². The average Bonchev–Trinajstić information content (AvgIpc) is 2.37. The molecule has 1 amide bonds. The number of carboxylic acids is 1. The van der Waals surface area contributed by atoms with Crippen molar-refractivity contribution in [1.82, 2.24) is 5.32 Å². The largest absolute Gasteiger partial charge is 0.480 e. The van der Waals surface area contributed by atoms with E-state index in [1.165, 1.54) is 0 Å². The number of hydrogen-bond donors (Lipinski definition) is 4. The van der Waals surface area contributed by atoms with Crippen molar-refractivity contribution in [3.63, 3.8) is 0 Å². The first-order valence-corrected chi connectivity index (χ1v) is 6.38. The van der Waals surface area contributed by atoms with Gasteiger partial charge in [-0.05, 0) is 37.2 Å². The molecule has 5 unspecified atom stereocenters. The van der Waals surface area contributed by atoms with Crippen LogP contribution in [0.1, 0.15) is 26.2 Å². The van der Waals surface area contributed by atoms with E-state index in [-0.39, 0.29) is 11.8 Å². The average molecular weight is 271 g/mol. The number of nitrogens with one attached hydrogen (secondary N) is 1. The van der Waals surface area contributed by atoms with Gasteiger partial charge in [-0.15, -0.1) is 0 Å². The van der Waals surface area contributed by atoms with Gasteiger partial charge in [0.1, 0.15) is 6.04 Å². The van der Waals surface area contributed by atoms with E-state index < -0.39 is 30.1 Å². The maximum Gasteiger partial charge on any atom is 0.326 e. The molecule has 1 rings (SSSR count). The molecule has 0 aromatic heterocycles. The van der Waals surface area contributed by atoms with Crippen LogP contribution in [0.4, 0.5) is 0 Å². The fourth-order valence-electron chi connectivity index (χ4n) is 2.54. The van der Waals surface area contributed by atoms with Crippen molar-refractivity contribution in [3.05, 3.63) is 12.7 Å². The Morgan fingerprint density at radius 3 is 2.42 bits per heavy atom. The van der Waals surface area contributed by atoms with Crippen LogP contribution in [0.3, 0.4) is 0 Å². The number of rotatable bonds is 5. The molecular formula is C13H21NO5. The van der Waals surface area contributed by atoms with E-state index in [2.05, 4.69) is 11.9 Å². The molecule has 0 aromatic rings. The third-order valence-electron chi connectivity index (χ3n) is 3.84. The highest BCUT2D eigenvalue weighted by atomic mass is 16.4. The summed E-state index contributed by atoms with van der Waals surface area (Å²) >= 11 is 0. The molecule has 0 radical (unpaired) electrons. The first-order valence-electron chi connectivity index (χ1n) is 6.38. The number of hydrogen-bond acceptors (Lipinski definition) is 4. The van der Waals surface area contributed by atoms with Crippen molar-refractivity contribution in [1.29, 1.82) is 0 Å². The lowest BCUT2D eigenvalue weighted by Gasteiger charge is -2.35. The monoisotopic (exact) mass is 271 g/mol. The lowest BCUT2D eigenvalue weighted by molar-refractivity contribution is -0.144. The van der Waals surface area contributed by atoms with Gasteiger partial charge in [0.25, 0.3) is 0 Å². The van der Waals surface area contributed by atoms with Crippen LogP contribution < -0.4 is 5.32 Å². The molecular weight excluding hydrogens is 250 g/mol. The summed E-state index contributed by atoms with van der Waals surface area (Å²) in [5.41, 5.74) is 0. The summed E-state index contributed by atoms with van der Waals surface area (Å²) < 4.78 is 0. The molecule has 0 aliphatic heterocycles. The van der Waals surface area contributed by atoms with E-state index in [1.54, 1.807) is 6.92 Å². The van der Waals surface area contributed by atoms with Crippen molar-refractivity contribution >= 4 is 11.9 Å². The van der Waals surface area contributed by atoms with Gasteiger partial charge in [-0.1, -0.05) is 13.5 Å². The fourth-order valence-corrected chi connectivity index (χ4v) is 2.54. The second kappa shape index (κ2) is 6.68. The quantitative estimate of drug-likeness (QED) is 0.522. The standard InChI is InChI=1S/C13H21NO5/c1-3-11(17)14-12(13(18)19)7(2)8-4-5-9(15)10(16)6-8/h3,7-10,12,15-16H,1,4-6H2,2H3,(H,14,17)(H,18,19). The highest BCUT2D eigenvalue weighted by molar-refractivity contribution is 5.90. The predicted molar refractivity (Wildman–Crippen MR) is 68.3 cm³/mol. The number of carbonyl (C=O) groups excluding carboxylic acids is 1. The minimum atomic E-state index is -1.11. The summed E-state index contributed by atoms with van der Waals surface area (Å²) in [6.07, 6.45) is 0.878. The summed E-state index contributed by atoms with van der Waals surface area (Å²) in [4.78, 5) is 22.5. The number of carboxylic acid groups (broad SMARTS) is 1. The van der Waals surface area contributed by atoms with Gasteiger partial charge < -0.3 is 20.6 Å². The minimum absolute atomic E-state index is 0.0513. The van der Waals surface area contributed by atoms with E-state index in [1.807, 2.05) is 0 Å². The van der Waals surface area contributed by atoms with Crippen LogP contribution in [0.5, 0.6) is 0 Å². The normalized spacial score (nSPS) is 30.2. The van der Waals surface area contributed by atoms with E-state index in [4.69, 9.17) is 0 Å². The maximum atomic E-state index is 11.2. The topological polar surface area (TPSA) is 107 Å². The smallest absolute Gasteiger partial charge is 0.326 e. The van der Waals surface area contributed by atoms with Crippen LogP contribution in [0, 0.1) is 11.8 Å². The highest BCUT2D eigenvalue weighted by Crippen LogP contribution is 2.32. The molecule has 6 nitrogen and oxygen atoms in total. The Labute approximate surface area is 112 Å². The molecule has 0 spiro atoms.